The molecule has 0 aliphatic rings. The van der Waals surface area contributed by atoms with Gasteiger partial charge in [0, 0.05) is 12.6 Å². The van der Waals surface area contributed by atoms with Gasteiger partial charge in [-0.15, -0.1) is 0 Å². The van der Waals surface area contributed by atoms with E-state index in [0.717, 1.165) is 39.6 Å². The first kappa shape index (κ1) is 28.3. The SMILES string of the molecule is COc1cc(-c2cc(C(F)(F)F)cc3c2n(C)c(=O)n3CC(=O)Nc2ccc(F)nc2)cc(F)c1OCc1ncn[nH]1. The van der Waals surface area contributed by atoms with Gasteiger partial charge in [0.15, 0.2) is 23.1 Å². The number of imidazole rings is 1. The summed E-state index contributed by atoms with van der Waals surface area (Å²) in [6.07, 6.45) is -2.58. The number of benzene rings is 2. The lowest BCUT2D eigenvalue weighted by molar-refractivity contribution is -0.137. The minimum Gasteiger partial charge on any atom is -0.493 e. The molecular formula is C26H20F5N7O4. The maximum absolute atomic E-state index is 15.3. The number of ether oxygens (including phenoxy) is 2. The van der Waals surface area contributed by atoms with Crippen molar-refractivity contribution in [3.05, 3.63) is 82.6 Å². The fraction of sp³-hybridized carbons (Fsp3) is 0.192. The van der Waals surface area contributed by atoms with Gasteiger partial charge in [0.05, 0.1) is 35.6 Å². The Balaban J connectivity index is 1.61. The largest absolute Gasteiger partial charge is 0.493 e. The van der Waals surface area contributed by atoms with Crippen molar-refractivity contribution < 1.29 is 36.2 Å². The predicted octanol–water partition coefficient (Wildman–Crippen LogP) is 4.04. The van der Waals surface area contributed by atoms with Gasteiger partial charge in [-0.25, -0.2) is 19.2 Å². The van der Waals surface area contributed by atoms with Crippen molar-refractivity contribution in [1.29, 1.82) is 0 Å². The van der Waals surface area contributed by atoms with E-state index in [1.807, 2.05) is 0 Å². The molecule has 0 aliphatic heterocycles. The van der Waals surface area contributed by atoms with Crippen molar-refractivity contribution in [2.45, 2.75) is 19.3 Å². The molecule has 0 radical (unpaired) electrons. The number of hydrogen-bond donors (Lipinski definition) is 2. The molecule has 11 nitrogen and oxygen atoms in total. The van der Waals surface area contributed by atoms with Crippen LogP contribution in [0.3, 0.4) is 0 Å². The lowest BCUT2D eigenvalue weighted by Crippen LogP contribution is -2.28. The highest BCUT2D eigenvalue weighted by Crippen LogP contribution is 2.41. The number of anilines is 1. The van der Waals surface area contributed by atoms with Crippen LogP contribution in [-0.2, 0) is 31.2 Å². The van der Waals surface area contributed by atoms with Crippen molar-refractivity contribution in [2.24, 2.45) is 7.05 Å². The minimum atomic E-state index is -4.86. The molecule has 0 bridgehead atoms. The molecule has 1 amide bonds. The van der Waals surface area contributed by atoms with Crippen molar-refractivity contribution >= 4 is 22.6 Å². The number of aromatic amines is 1. The lowest BCUT2D eigenvalue weighted by atomic mass is 9.99. The van der Waals surface area contributed by atoms with Gasteiger partial charge in [-0.2, -0.15) is 22.7 Å². The van der Waals surface area contributed by atoms with Gasteiger partial charge in [0.25, 0.3) is 0 Å². The lowest BCUT2D eigenvalue weighted by Gasteiger charge is -2.15. The van der Waals surface area contributed by atoms with Gasteiger partial charge in [-0.05, 0) is 42.0 Å². The topological polar surface area (TPSA) is 129 Å². The maximum atomic E-state index is 15.3. The van der Waals surface area contributed by atoms with E-state index in [9.17, 15) is 27.2 Å². The van der Waals surface area contributed by atoms with E-state index < -0.39 is 41.6 Å². The molecular weight excluding hydrogens is 569 g/mol. The molecule has 42 heavy (non-hydrogen) atoms. The highest BCUT2D eigenvalue weighted by atomic mass is 19.4. The summed E-state index contributed by atoms with van der Waals surface area (Å²) in [5, 5.41) is 8.62. The fourth-order valence-corrected chi connectivity index (χ4v) is 4.34. The molecule has 0 aliphatic carbocycles. The second kappa shape index (κ2) is 10.9. The number of aromatic nitrogens is 6. The molecule has 3 aromatic heterocycles. The van der Waals surface area contributed by atoms with Crippen LogP contribution in [0.2, 0.25) is 0 Å². The summed E-state index contributed by atoms with van der Waals surface area (Å²) < 4.78 is 83.1. The van der Waals surface area contributed by atoms with Gasteiger partial charge in [0.1, 0.15) is 19.5 Å². The molecule has 0 fully saturated rings. The summed E-state index contributed by atoms with van der Waals surface area (Å²) >= 11 is 0. The van der Waals surface area contributed by atoms with E-state index in [0.29, 0.717) is 0 Å². The molecule has 0 saturated carbocycles. The summed E-state index contributed by atoms with van der Waals surface area (Å²) in [4.78, 5) is 33.2. The Morgan fingerprint density at radius 1 is 1.12 bits per heavy atom. The molecule has 3 heterocycles. The van der Waals surface area contributed by atoms with Crippen molar-refractivity contribution in [3.8, 4) is 22.6 Å². The van der Waals surface area contributed by atoms with E-state index in [4.69, 9.17) is 9.47 Å². The normalized spacial score (nSPS) is 11.6. The number of rotatable bonds is 8. The van der Waals surface area contributed by atoms with Crippen LogP contribution in [0.25, 0.3) is 22.2 Å². The Hall–Kier alpha value is -5.28. The minimum absolute atomic E-state index is 0.000954. The van der Waals surface area contributed by atoms with E-state index in [1.54, 1.807) is 0 Å². The molecule has 0 spiro atoms. The van der Waals surface area contributed by atoms with Crippen LogP contribution in [0.1, 0.15) is 11.4 Å². The Morgan fingerprint density at radius 2 is 1.90 bits per heavy atom. The molecule has 2 N–H and O–H groups in total. The molecule has 0 saturated heterocycles. The molecule has 16 heteroatoms. The number of fused-ring (bicyclic) bond motifs is 1. The zero-order chi connectivity index (χ0) is 30.2. The highest BCUT2D eigenvalue weighted by molar-refractivity contribution is 5.96. The van der Waals surface area contributed by atoms with Gasteiger partial charge < -0.3 is 14.8 Å². The number of alkyl halides is 3. The number of halogens is 5. The summed E-state index contributed by atoms with van der Waals surface area (Å²) in [5.41, 5.74) is -2.28. The highest BCUT2D eigenvalue weighted by Gasteiger charge is 2.33. The zero-order valence-corrected chi connectivity index (χ0v) is 21.8. The van der Waals surface area contributed by atoms with Gasteiger partial charge in [0.2, 0.25) is 11.9 Å². The number of nitrogens with one attached hydrogen (secondary N) is 2. The average molecular weight is 589 g/mol. The summed E-state index contributed by atoms with van der Waals surface area (Å²) in [6, 6.07) is 5.95. The number of aryl methyl sites for hydroxylation is 1. The molecule has 0 unspecified atom stereocenters. The van der Waals surface area contributed by atoms with Crippen LogP contribution in [0.5, 0.6) is 11.5 Å². The first-order chi connectivity index (χ1) is 20.0. The number of nitrogens with zero attached hydrogens (tertiary/aromatic N) is 5. The Bertz CT molecular complexity index is 1830. The number of H-pyrrole nitrogens is 1. The number of amides is 1. The second-order valence-corrected chi connectivity index (χ2v) is 8.95. The van der Waals surface area contributed by atoms with Crippen LogP contribution in [0.15, 0.2) is 53.7 Å². The van der Waals surface area contributed by atoms with E-state index in [-0.39, 0.29) is 51.8 Å². The third-order valence-electron chi connectivity index (χ3n) is 6.23. The third kappa shape index (κ3) is 5.50. The summed E-state index contributed by atoms with van der Waals surface area (Å²) in [7, 11) is 2.53. The van der Waals surface area contributed by atoms with Crippen LogP contribution in [0, 0.1) is 11.8 Å². The quantitative estimate of drug-likeness (QED) is 0.207. The smallest absolute Gasteiger partial charge is 0.416 e. The maximum Gasteiger partial charge on any atom is 0.416 e. The van der Waals surface area contributed by atoms with E-state index >= 15 is 4.39 Å². The fourth-order valence-electron chi connectivity index (χ4n) is 4.34. The Morgan fingerprint density at radius 3 is 2.55 bits per heavy atom. The Labute approximate surface area is 232 Å². The first-order valence-electron chi connectivity index (χ1n) is 12.0. The number of carbonyl (C=O) groups is 1. The molecule has 218 valence electrons. The molecule has 0 atom stereocenters. The number of methoxy groups -OCH3 is 1. The first-order valence-corrected chi connectivity index (χ1v) is 12.0. The van der Waals surface area contributed by atoms with Gasteiger partial charge in [-0.3, -0.25) is 19.0 Å². The molecule has 5 aromatic rings. The zero-order valence-electron chi connectivity index (χ0n) is 21.8. The monoisotopic (exact) mass is 589 g/mol. The number of carbonyl (C=O) groups excluding carboxylic acids is 1. The van der Waals surface area contributed by atoms with Gasteiger partial charge >= 0.3 is 11.9 Å². The third-order valence-corrected chi connectivity index (χ3v) is 6.23. The second-order valence-electron chi connectivity index (χ2n) is 8.95. The summed E-state index contributed by atoms with van der Waals surface area (Å²) in [6.45, 7) is -0.881. The van der Waals surface area contributed by atoms with E-state index in [1.165, 1.54) is 32.6 Å². The summed E-state index contributed by atoms with van der Waals surface area (Å²) in [5.74, 6) is -2.68. The van der Waals surface area contributed by atoms with Crippen molar-refractivity contribution in [1.82, 2.24) is 29.3 Å². The van der Waals surface area contributed by atoms with Crippen LogP contribution >= 0.6 is 0 Å². The van der Waals surface area contributed by atoms with Crippen molar-refractivity contribution in [3.63, 3.8) is 0 Å². The van der Waals surface area contributed by atoms with E-state index in [2.05, 4.69) is 25.5 Å². The van der Waals surface area contributed by atoms with Crippen LogP contribution in [0.4, 0.5) is 27.6 Å². The molecule has 2 aromatic carbocycles. The van der Waals surface area contributed by atoms with Crippen LogP contribution in [-0.4, -0.2) is 42.3 Å². The van der Waals surface area contributed by atoms with Gasteiger partial charge in [-0.1, -0.05) is 0 Å². The standard InChI is InChI=1S/C26H20F5N7O4/c1-37-23-16(13-5-17(27)24(19(6-13)41-2)42-11-21-33-12-34-36-21)7-14(26(29,30)31)8-18(23)38(25(37)40)10-22(39)35-15-3-4-20(28)32-9-15/h3-9,12H,10-11H2,1-2H3,(H,35,39)(H,33,34,36). The van der Waals surface area contributed by atoms with Crippen LogP contribution < -0.4 is 20.5 Å². The number of hydrogen-bond acceptors (Lipinski definition) is 7. The average Bonchev–Trinajstić information content (AvgIpc) is 3.55. The molecule has 5 rings (SSSR count). The predicted molar refractivity (Wildman–Crippen MR) is 138 cm³/mol. The Kier molecular flexibility index (Phi) is 7.36. The van der Waals surface area contributed by atoms with Crippen molar-refractivity contribution in [2.75, 3.05) is 12.4 Å². The number of pyridine rings is 1.